The first-order valence-electron chi connectivity index (χ1n) is 4.29. The van der Waals surface area contributed by atoms with Gasteiger partial charge < -0.3 is 5.73 Å². The maximum Gasteiger partial charge on any atom is 0.144 e. The van der Waals surface area contributed by atoms with Gasteiger partial charge in [0.2, 0.25) is 0 Å². The fraction of sp³-hybridized carbons (Fsp3) is 0.400. The fourth-order valence-electron chi connectivity index (χ4n) is 1.12. The quantitative estimate of drug-likeness (QED) is 0.800. The summed E-state index contributed by atoms with van der Waals surface area (Å²) in [6, 6.07) is 5.14. The van der Waals surface area contributed by atoms with Crippen molar-refractivity contribution < 1.29 is 4.39 Å². The molecule has 0 saturated heterocycles. The molecule has 0 heterocycles. The van der Waals surface area contributed by atoms with E-state index in [9.17, 15) is 4.39 Å². The second-order valence-corrected chi connectivity index (χ2v) is 3.64. The van der Waals surface area contributed by atoms with E-state index in [0.29, 0.717) is 12.0 Å². The van der Waals surface area contributed by atoms with Crippen LogP contribution in [-0.2, 0) is 6.42 Å². The molecule has 72 valence electrons. The fourth-order valence-corrected chi connectivity index (χ4v) is 1.32. The van der Waals surface area contributed by atoms with E-state index < -0.39 is 0 Å². The van der Waals surface area contributed by atoms with Crippen molar-refractivity contribution in [2.45, 2.75) is 25.8 Å². The van der Waals surface area contributed by atoms with Gasteiger partial charge in [-0.15, -0.1) is 0 Å². The minimum atomic E-state index is -0.315. The number of halogens is 2. The summed E-state index contributed by atoms with van der Waals surface area (Å²) in [6.45, 7) is 1.91. The Balaban J connectivity index is 2.71. The van der Waals surface area contributed by atoms with E-state index in [-0.39, 0.29) is 16.9 Å². The van der Waals surface area contributed by atoms with Crippen LogP contribution in [0.3, 0.4) is 0 Å². The molecule has 1 aromatic rings. The van der Waals surface area contributed by atoms with E-state index in [4.69, 9.17) is 17.3 Å². The number of rotatable bonds is 3. The average molecular weight is 202 g/mol. The van der Waals surface area contributed by atoms with Crippen molar-refractivity contribution >= 4 is 11.6 Å². The highest BCUT2D eigenvalue weighted by Gasteiger charge is 2.06. The van der Waals surface area contributed by atoms with Gasteiger partial charge in [0.15, 0.2) is 0 Å². The van der Waals surface area contributed by atoms with Crippen molar-refractivity contribution in [3.63, 3.8) is 0 Å². The lowest BCUT2D eigenvalue weighted by Gasteiger charge is -2.06. The first-order chi connectivity index (χ1) is 6.11. The van der Waals surface area contributed by atoms with Gasteiger partial charge in [-0.25, -0.2) is 4.39 Å². The summed E-state index contributed by atoms with van der Waals surface area (Å²) in [6.07, 6.45) is 1.42. The predicted molar refractivity (Wildman–Crippen MR) is 53.4 cm³/mol. The van der Waals surface area contributed by atoms with E-state index in [1.165, 1.54) is 0 Å². The molecule has 1 atom stereocenters. The zero-order valence-corrected chi connectivity index (χ0v) is 8.31. The molecule has 0 aliphatic heterocycles. The Hall–Kier alpha value is -0.600. The Morgan fingerprint density at radius 1 is 1.54 bits per heavy atom. The van der Waals surface area contributed by atoms with Crippen LogP contribution in [0.5, 0.6) is 0 Å². The molecule has 0 saturated carbocycles. The molecule has 0 aromatic heterocycles. The van der Waals surface area contributed by atoms with Gasteiger partial charge >= 0.3 is 0 Å². The van der Waals surface area contributed by atoms with Crippen LogP contribution in [0, 0.1) is 5.82 Å². The van der Waals surface area contributed by atoms with E-state index in [1.807, 2.05) is 6.92 Å². The maximum atomic E-state index is 13.3. The molecule has 0 aliphatic rings. The third kappa shape index (κ3) is 2.98. The molecule has 0 amide bonds. The van der Waals surface area contributed by atoms with Crippen molar-refractivity contribution in [1.82, 2.24) is 0 Å². The summed E-state index contributed by atoms with van der Waals surface area (Å²) in [4.78, 5) is 0. The number of hydrogen-bond acceptors (Lipinski definition) is 1. The monoisotopic (exact) mass is 201 g/mol. The molecular formula is C10H13ClFN. The summed E-state index contributed by atoms with van der Waals surface area (Å²) >= 11 is 5.62. The van der Waals surface area contributed by atoms with E-state index in [2.05, 4.69) is 0 Å². The van der Waals surface area contributed by atoms with Gasteiger partial charge in [0.25, 0.3) is 0 Å². The van der Waals surface area contributed by atoms with Crippen LogP contribution < -0.4 is 5.73 Å². The molecular weight excluding hydrogens is 189 g/mol. The van der Waals surface area contributed by atoms with Crippen molar-refractivity contribution in [3.05, 3.63) is 34.6 Å². The SMILES string of the molecule is CC(N)CCc1cccc(Cl)c1F. The minimum absolute atomic E-state index is 0.0957. The molecule has 1 aromatic carbocycles. The van der Waals surface area contributed by atoms with Crippen LogP contribution in [-0.4, -0.2) is 6.04 Å². The summed E-state index contributed by atoms with van der Waals surface area (Å²) < 4.78 is 13.3. The standard InChI is InChI=1S/C10H13ClFN/c1-7(13)5-6-8-3-2-4-9(11)10(8)12/h2-4,7H,5-6,13H2,1H3. The number of hydrogen-bond donors (Lipinski definition) is 1. The average Bonchev–Trinajstić information content (AvgIpc) is 2.07. The molecule has 1 unspecified atom stereocenters. The van der Waals surface area contributed by atoms with Gasteiger partial charge in [0.05, 0.1) is 5.02 Å². The Morgan fingerprint density at radius 2 is 2.23 bits per heavy atom. The van der Waals surface area contributed by atoms with Crippen molar-refractivity contribution in [2.75, 3.05) is 0 Å². The van der Waals surface area contributed by atoms with Gasteiger partial charge in [-0.1, -0.05) is 23.7 Å². The summed E-state index contributed by atoms with van der Waals surface area (Å²) in [5.74, 6) is -0.315. The molecule has 0 aliphatic carbocycles. The highest BCUT2D eigenvalue weighted by molar-refractivity contribution is 6.30. The number of aryl methyl sites for hydroxylation is 1. The van der Waals surface area contributed by atoms with E-state index in [1.54, 1.807) is 18.2 Å². The Kier molecular flexibility index (Phi) is 3.70. The van der Waals surface area contributed by atoms with Crippen molar-refractivity contribution in [1.29, 1.82) is 0 Å². The van der Waals surface area contributed by atoms with Crippen LogP contribution >= 0.6 is 11.6 Å². The van der Waals surface area contributed by atoms with Crippen molar-refractivity contribution in [2.24, 2.45) is 5.73 Å². The molecule has 3 heteroatoms. The van der Waals surface area contributed by atoms with Crippen LogP contribution in [0.4, 0.5) is 4.39 Å². The van der Waals surface area contributed by atoms with E-state index >= 15 is 0 Å². The molecule has 0 bridgehead atoms. The molecule has 0 fully saturated rings. The Labute approximate surface area is 82.7 Å². The number of nitrogens with two attached hydrogens (primary N) is 1. The lowest BCUT2D eigenvalue weighted by molar-refractivity contribution is 0.591. The van der Waals surface area contributed by atoms with Crippen LogP contribution in [0.15, 0.2) is 18.2 Å². The zero-order chi connectivity index (χ0) is 9.84. The molecule has 1 nitrogen and oxygen atoms in total. The largest absolute Gasteiger partial charge is 0.328 e. The highest BCUT2D eigenvalue weighted by atomic mass is 35.5. The van der Waals surface area contributed by atoms with Crippen LogP contribution in [0.25, 0.3) is 0 Å². The molecule has 0 spiro atoms. The third-order valence-electron chi connectivity index (χ3n) is 1.90. The smallest absolute Gasteiger partial charge is 0.144 e. The van der Waals surface area contributed by atoms with E-state index in [0.717, 1.165) is 6.42 Å². The minimum Gasteiger partial charge on any atom is -0.328 e. The summed E-state index contributed by atoms with van der Waals surface area (Å²) in [5.41, 5.74) is 6.22. The van der Waals surface area contributed by atoms with Gasteiger partial charge in [0.1, 0.15) is 5.82 Å². The molecule has 1 rings (SSSR count). The maximum absolute atomic E-state index is 13.3. The summed E-state index contributed by atoms with van der Waals surface area (Å²) in [5, 5.41) is 0.183. The molecule has 0 radical (unpaired) electrons. The lowest BCUT2D eigenvalue weighted by atomic mass is 10.1. The molecule has 13 heavy (non-hydrogen) atoms. The highest BCUT2D eigenvalue weighted by Crippen LogP contribution is 2.19. The second kappa shape index (κ2) is 4.58. The Bertz CT molecular complexity index is 286. The van der Waals surface area contributed by atoms with Crippen molar-refractivity contribution in [3.8, 4) is 0 Å². The molecule has 2 N–H and O–H groups in total. The first-order valence-corrected chi connectivity index (χ1v) is 4.67. The summed E-state index contributed by atoms with van der Waals surface area (Å²) in [7, 11) is 0. The van der Waals surface area contributed by atoms with Gasteiger partial charge in [-0.2, -0.15) is 0 Å². The zero-order valence-electron chi connectivity index (χ0n) is 7.56. The second-order valence-electron chi connectivity index (χ2n) is 3.23. The normalized spacial score (nSPS) is 12.9. The number of benzene rings is 1. The predicted octanol–water partition coefficient (Wildman–Crippen LogP) is 2.76. The van der Waals surface area contributed by atoms with Gasteiger partial charge in [0, 0.05) is 6.04 Å². The van der Waals surface area contributed by atoms with Crippen LogP contribution in [0.2, 0.25) is 5.02 Å². The van der Waals surface area contributed by atoms with Gasteiger partial charge in [-0.3, -0.25) is 0 Å². The topological polar surface area (TPSA) is 26.0 Å². The lowest BCUT2D eigenvalue weighted by Crippen LogP contribution is -2.15. The third-order valence-corrected chi connectivity index (χ3v) is 2.19. The first kappa shape index (κ1) is 10.5. The van der Waals surface area contributed by atoms with Crippen LogP contribution in [0.1, 0.15) is 18.9 Å². The Morgan fingerprint density at radius 3 is 2.85 bits per heavy atom. The van der Waals surface area contributed by atoms with Gasteiger partial charge in [-0.05, 0) is 31.4 Å².